The molecule has 0 saturated heterocycles. The van der Waals surface area contributed by atoms with Gasteiger partial charge in [0.2, 0.25) is 0 Å². The summed E-state index contributed by atoms with van der Waals surface area (Å²) < 4.78 is 0. The Kier molecular flexibility index (Phi) is 4.94. The van der Waals surface area contributed by atoms with Crippen LogP contribution in [-0.2, 0) is 13.2 Å². The van der Waals surface area contributed by atoms with Gasteiger partial charge in [-0.1, -0.05) is 0 Å². The van der Waals surface area contributed by atoms with E-state index >= 15 is 0 Å². The van der Waals surface area contributed by atoms with E-state index in [0.29, 0.717) is 5.69 Å². The van der Waals surface area contributed by atoms with Gasteiger partial charge in [0.1, 0.15) is 5.75 Å². The zero-order chi connectivity index (χ0) is 17.0. The van der Waals surface area contributed by atoms with Crippen molar-refractivity contribution in [3.63, 3.8) is 0 Å². The molecule has 0 aliphatic rings. The van der Waals surface area contributed by atoms with E-state index in [1.807, 2.05) is 0 Å². The Bertz CT molecular complexity index is 759. The maximum atomic E-state index is 10.6. The number of aryl methyl sites for hydroxylation is 1. The van der Waals surface area contributed by atoms with Crippen LogP contribution in [0, 0.1) is 17.0 Å². The first kappa shape index (κ1) is 16.5. The summed E-state index contributed by atoms with van der Waals surface area (Å²) in [5.41, 5.74) is 0.835. The molecule has 0 fully saturated rings. The number of rotatable bonds is 5. The van der Waals surface area contributed by atoms with E-state index in [2.05, 4.69) is 15.2 Å². The third-order valence-electron chi connectivity index (χ3n) is 3.17. The lowest BCUT2D eigenvalue weighted by molar-refractivity contribution is -0.384. The molecule has 0 saturated carbocycles. The molecule has 3 N–H and O–H groups in total. The van der Waals surface area contributed by atoms with Crippen molar-refractivity contribution in [3.8, 4) is 5.75 Å². The van der Waals surface area contributed by atoms with E-state index in [-0.39, 0.29) is 34.1 Å². The van der Waals surface area contributed by atoms with Crippen molar-refractivity contribution in [3.05, 3.63) is 51.2 Å². The molecule has 0 atom stereocenters. The third-order valence-corrected chi connectivity index (χ3v) is 3.17. The van der Waals surface area contributed by atoms with Crippen molar-refractivity contribution in [2.75, 3.05) is 0 Å². The fourth-order valence-electron chi connectivity index (χ4n) is 1.94. The van der Waals surface area contributed by atoms with Crippen LogP contribution in [0.2, 0.25) is 0 Å². The molecule has 2 aromatic rings. The van der Waals surface area contributed by atoms with Gasteiger partial charge in [0.25, 0.3) is 5.69 Å². The van der Waals surface area contributed by atoms with Crippen molar-refractivity contribution in [2.24, 2.45) is 10.2 Å². The van der Waals surface area contributed by atoms with E-state index in [4.69, 9.17) is 0 Å². The van der Waals surface area contributed by atoms with Crippen molar-refractivity contribution in [2.45, 2.75) is 20.1 Å². The molecule has 2 rings (SSSR count). The summed E-state index contributed by atoms with van der Waals surface area (Å²) >= 11 is 0. The summed E-state index contributed by atoms with van der Waals surface area (Å²) in [6.45, 7) is 0.566. The van der Waals surface area contributed by atoms with Crippen molar-refractivity contribution in [1.82, 2.24) is 4.98 Å². The molecule has 0 spiro atoms. The van der Waals surface area contributed by atoms with Crippen LogP contribution in [0.15, 0.2) is 34.5 Å². The highest BCUT2D eigenvalue weighted by atomic mass is 16.6. The first-order valence-corrected chi connectivity index (χ1v) is 6.57. The molecule has 0 amide bonds. The van der Waals surface area contributed by atoms with Crippen molar-refractivity contribution >= 4 is 17.2 Å². The van der Waals surface area contributed by atoms with Gasteiger partial charge in [0.15, 0.2) is 5.82 Å². The molecule has 0 aliphatic heterocycles. The number of nitro groups is 1. The second-order valence-corrected chi connectivity index (χ2v) is 4.62. The summed E-state index contributed by atoms with van der Waals surface area (Å²) in [7, 11) is 0. The predicted molar refractivity (Wildman–Crippen MR) is 79.8 cm³/mol. The lowest BCUT2D eigenvalue weighted by atomic mass is 10.1. The number of hydrogen-bond donors (Lipinski definition) is 3. The van der Waals surface area contributed by atoms with E-state index in [1.165, 1.54) is 31.2 Å². The van der Waals surface area contributed by atoms with Gasteiger partial charge in [-0.2, -0.15) is 0 Å². The molecule has 0 aliphatic carbocycles. The minimum atomic E-state index is -0.525. The lowest BCUT2D eigenvalue weighted by Crippen LogP contribution is -2.00. The summed E-state index contributed by atoms with van der Waals surface area (Å²) in [5, 5.41) is 46.9. The minimum absolute atomic E-state index is 0.0604. The number of pyridine rings is 1. The number of nitrogens with zero attached hydrogens (tertiary/aromatic N) is 4. The molecule has 120 valence electrons. The average molecular weight is 318 g/mol. The summed E-state index contributed by atoms with van der Waals surface area (Å²) in [5.74, 6) is -0.143. The summed E-state index contributed by atoms with van der Waals surface area (Å²) in [4.78, 5) is 14.1. The molecule has 9 nitrogen and oxygen atoms in total. The number of aliphatic hydroxyl groups is 2. The molecule has 1 heterocycles. The number of aliphatic hydroxyl groups excluding tert-OH is 2. The molecule has 0 radical (unpaired) electrons. The molecule has 0 unspecified atom stereocenters. The monoisotopic (exact) mass is 318 g/mol. The van der Waals surface area contributed by atoms with Gasteiger partial charge in [0, 0.05) is 23.3 Å². The molecule has 1 aromatic heterocycles. The Morgan fingerprint density at radius 2 is 1.74 bits per heavy atom. The third kappa shape index (κ3) is 3.47. The second-order valence-electron chi connectivity index (χ2n) is 4.62. The summed E-state index contributed by atoms with van der Waals surface area (Å²) in [6, 6.07) is 5.41. The fourth-order valence-corrected chi connectivity index (χ4v) is 1.94. The van der Waals surface area contributed by atoms with Crippen LogP contribution in [0.4, 0.5) is 17.2 Å². The zero-order valence-corrected chi connectivity index (χ0v) is 12.2. The van der Waals surface area contributed by atoms with Crippen LogP contribution in [-0.4, -0.2) is 25.2 Å². The van der Waals surface area contributed by atoms with E-state index in [9.17, 15) is 25.4 Å². The van der Waals surface area contributed by atoms with Crippen LogP contribution in [0.1, 0.15) is 16.8 Å². The largest absolute Gasteiger partial charge is 0.506 e. The van der Waals surface area contributed by atoms with Crippen LogP contribution in [0.25, 0.3) is 0 Å². The Balaban J connectivity index is 2.39. The highest BCUT2D eigenvalue weighted by Gasteiger charge is 2.16. The van der Waals surface area contributed by atoms with Gasteiger partial charge in [-0.05, 0) is 19.1 Å². The second kappa shape index (κ2) is 6.90. The predicted octanol–water partition coefficient (Wildman–Crippen LogP) is 2.40. The zero-order valence-electron chi connectivity index (χ0n) is 12.2. The Hall–Kier alpha value is -2.91. The molecule has 23 heavy (non-hydrogen) atoms. The van der Waals surface area contributed by atoms with Gasteiger partial charge < -0.3 is 15.3 Å². The van der Waals surface area contributed by atoms with E-state index in [1.54, 1.807) is 0 Å². The standard InChI is InChI=1S/C14H14N4O5/c1-8-13(21)11(6-19)12(7-20)14(15-8)17-16-9-2-4-10(5-3-9)18(22)23/h2-5,19-21H,6-7H2,1H3. The summed E-state index contributed by atoms with van der Waals surface area (Å²) in [6.07, 6.45) is 0. The van der Waals surface area contributed by atoms with Crippen LogP contribution in [0.3, 0.4) is 0 Å². The normalized spacial score (nSPS) is 11.1. The van der Waals surface area contributed by atoms with Crippen LogP contribution >= 0.6 is 0 Å². The Labute approximate surface area is 130 Å². The molecule has 0 bridgehead atoms. The number of hydrogen-bond acceptors (Lipinski definition) is 8. The fraction of sp³-hybridized carbons (Fsp3) is 0.214. The SMILES string of the molecule is Cc1nc(N=Nc2ccc([N+](=O)[O-])cc2)c(CO)c(CO)c1O. The first-order chi connectivity index (χ1) is 11.0. The first-order valence-electron chi connectivity index (χ1n) is 6.57. The van der Waals surface area contributed by atoms with Gasteiger partial charge in [-0.15, -0.1) is 10.2 Å². The van der Waals surface area contributed by atoms with Gasteiger partial charge in [-0.3, -0.25) is 10.1 Å². The smallest absolute Gasteiger partial charge is 0.269 e. The van der Waals surface area contributed by atoms with Gasteiger partial charge >= 0.3 is 0 Å². The number of benzene rings is 1. The highest BCUT2D eigenvalue weighted by molar-refractivity contribution is 5.52. The van der Waals surface area contributed by atoms with E-state index in [0.717, 1.165) is 0 Å². The maximum absolute atomic E-state index is 10.6. The van der Waals surface area contributed by atoms with Crippen LogP contribution in [0.5, 0.6) is 5.75 Å². The number of azo groups is 1. The maximum Gasteiger partial charge on any atom is 0.269 e. The molecule has 9 heteroatoms. The quantitative estimate of drug-likeness (QED) is 0.439. The van der Waals surface area contributed by atoms with Gasteiger partial charge in [0.05, 0.1) is 29.5 Å². The molecule has 1 aromatic carbocycles. The number of non-ortho nitro benzene ring substituents is 1. The van der Waals surface area contributed by atoms with Gasteiger partial charge in [-0.25, -0.2) is 4.98 Å². The topological polar surface area (TPSA) is 141 Å². The van der Waals surface area contributed by atoms with Crippen LogP contribution < -0.4 is 0 Å². The van der Waals surface area contributed by atoms with Crippen molar-refractivity contribution in [1.29, 1.82) is 0 Å². The lowest BCUT2D eigenvalue weighted by Gasteiger charge is -2.11. The average Bonchev–Trinajstić information content (AvgIpc) is 2.55. The number of nitro benzene ring substituents is 1. The minimum Gasteiger partial charge on any atom is -0.506 e. The Morgan fingerprint density at radius 3 is 2.26 bits per heavy atom. The number of aromatic nitrogens is 1. The van der Waals surface area contributed by atoms with Crippen molar-refractivity contribution < 1.29 is 20.2 Å². The highest BCUT2D eigenvalue weighted by Crippen LogP contribution is 2.32. The molecular formula is C14H14N4O5. The molecular weight excluding hydrogens is 304 g/mol. The number of aromatic hydroxyl groups is 1. The van der Waals surface area contributed by atoms with E-state index < -0.39 is 18.1 Å². The Morgan fingerprint density at radius 1 is 1.13 bits per heavy atom.